The summed E-state index contributed by atoms with van der Waals surface area (Å²) in [7, 11) is 0. The van der Waals surface area contributed by atoms with E-state index >= 15 is 0 Å². The van der Waals surface area contributed by atoms with Gasteiger partial charge in [0.2, 0.25) is 0 Å². The molecule has 1 unspecified atom stereocenters. The second kappa shape index (κ2) is 12.1. The van der Waals surface area contributed by atoms with Crippen molar-refractivity contribution in [3.63, 3.8) is 0 Å². The van der Waals surface area contributed by atoms with Crippen LogP contribution < -0.4 is 0 Å². The maximum absolute atomic E-state index is 13.7. The average molecular weight is 635 g/mol. The number of aliphatic hydroxyl groups excluding tert-OH is 5. The maximum atomic E-state index is 13.7. The van der Waals surface area contributed by atoms with Crippen LogP contribution >= 0.6 is 0 Å². The number of carbonyl (C=O) groups is 1. The minimum absolute atomic E-state index is 0.0550. The van der Waals surface area contributed by atoms with Gasteiger partial charge in [-0.25, -0.2) is 0 Å². The summed E-state index contributed by atoms with van der Waals surface area (Å²) in [6, 6.07) is 0. The van der Waals surface area contributed by atoms with Crippen molar-refractivity contribution in [1.82, 2.24) is 0 Å². The fourth-order valence-electron chi connectivity index (χ4n) is 10.7. The molecule has 0 spiro atoms. The quantitative estimate of drug-likeness (QED) is 0.174. The van der Waals surface area contributed by atoms with E-state index in [1.165, 1.54) is 6.29 Å². The highest BCUT2D eigenvalue weighted by Gasteiger charge is 2.71. The largest absolute Gasteiger partial charge is 0.394 e. The topological polar surface area (TPSA) is 157 Å². The van der Waals surface area contributed by atoms with E-state index in [0.29, 0.717) is 31.1 Å². The molecule has 6 N–H and O–H groups in total. The van der Waals surface area contributed by atoms with Crippen LogP contribution in [0.5, 0.6) is 0 Å². The molecule has 256 valence electrons. The highest BCUT2D eigenvalue weighted by molar-refractivity contribution is 5.65. The van der Waals surface area contributed by atoms with Crippen LogP contribution in [-0.4, -0.2) is 92.0 Å². The van der Waals surface area contributed by atoms with Gasteiger partial charge in [0.15, 0.2) is 6.29 Å². The predicted octanol–water partition coefficient (Wildman–Crippen LogP) is 3.28. The van der Waals surface area contributed by atoms with Crippen molar-refractivity contribution in [3.8, 4) is 0 Å². The standard InChI is InChI=1S/C36H58O9/c1-20(9-8-13-32(2,3)43)21-12-14-35(7)30-24(44-31-29(42)28(41)27(40)25(18-37)45-31)17-23-22(10-11-26(39)33(23,4)5)36(30,19-38)16-15-34(21,35)6/h8,13,17,19-22,24-31,37,39-43H,9-12,14-16,18H2,1-7H3/b13-8+/t20-,21-,22?,24+,25-,26+,27-,28+,29-,30+,31-,34-,35+,36-/m0/s1. The lowest BCUT2D eigenvalue weighted by molar-refractivity contribution is -0.321. The molecule has 0 radical (unpaired) electrons. The summed E-state index contributed by atoms with van der Waals surface area (Å²) in [5.41, 5.74) is -1.68. The summed E-state index contributed by atoms with van der Waals surface area (Å²) in [5, 5.41) is 63.2. The third kappa shape index (κ3) is 5.51. The molecule has 9 nitrogen and oxygen atoms in total. The molecule has 5 rings (SSSR count). The number of hydrogen-bond acceptors (Lipinski definition) is 9. The van der Waals surface area contributed by atoms with E-state index in [0.717, 1.165) is 31.3 Å². The number of fused-ring (bicyclic) bond motifs is 5. The van der Waals surface area contributed by atoms with Gasteiger partial charge >= 0.3 is 0 Å². The van der Waals surface area contributed by atoms with Crippen molar-refractivity contribution in [3.05, 3.63) is 23.8 Å². The van der Waals surface area contributed by atoms with Crippen molar-refractivity contribution in [1.29, 1.82) is 0 Å². The summed E-state index contributed by atoms with van der Waals surface area (Å²) >= 11 is 0. The van der Waals surface area contributed by atoms with Gasteiger partial charge in [-0.3, -0.25) is 0 Å². The zero-order valence-electron chi connectivity index (χ0n) is 28.2. The fraction of sp³-hybridized carbons (Fsp3) is 0.861. The molecule has 45 heavy (non-hydrogen) atoms. The summed E-state index contributed by atoms with van der Waals surface area (Å²) in [5.74, 6) is 0.405. The molecule has 1 heterocycles. The van der Waals surface area contributed by atoms with Gasteiger partial charge in [0.25, 0.3) is 0 Å². The van der Waals surface area contributed by atoms with Crippen LogP contribution in [0.2, 0.25) is 0 Å². The van der Waals surface area contributed by atoms with Gasteiger partial charge in [0, 0.05) is 16.7 Å². The second-order valence-electron chi connectivity index (χ2n) is 16.7. The highest BCUT2D eigenvalue weighted by atomic mass is 16.7. The van der Waals surface area contributed by atoms with E-state index in [2.05, 4.69) is 32.9 Å². The molecule has 3 saturated carbocycles. The number of aldehydes is 1. The van der Waals surface area contributed by atoms with Gasteiger partial charge in [-0.1, -0.05) is 58.4 Å². The Morgan fingerprint density at radius 3 is 2.31 bits per heavy atom. The number of hydrogen-bond donors (Lipinski definition) is 6. The SMILES string of the molecule is C[C@@H](C/C=C/C(C)(C)O)[C@@H]1CC[C@]2(C)[C@H]3[C@H](O[C@H]4O[C@@H](CO)[C@H](O)[C@@H](O)[C@@H]4O)C=C4C(CC[C@@H](O)C4(C)C)[C@@]3(C=O)CC[C@@]12C. The smallest absolute Gasteiger partial charge is 0.187 e. The summed E-state index contributed by atoms with van der Waals surface area (Å²) in [6.45, 7) is 14.0. The first kappa shape index (κ1) is 35.1. The van der Waals surface area contributed by atoms with Crippen LogP contribution in [0.3, 0.4) is 0 Å². The number of allylic oxidation sites excluding steroid dienone is 1. The van der Waals surface area contributed by atoms with E-state index in [-0.39, 0.29) is 22.7 Å². The van der Waals surface area contributed by atoms with Crippen molar-refractivity contribution >= 4 is 6.29 Å². The molecule has 1 aliphatic heterocycles. The molecule has 0 aromatic carbocycles. The number of ether oxygens (including phenoxy) is 2. The Morgan fingerprint density at radius 2 is 1.69 bits per heavy atom. The second-order valence-corrected chi connectivity index (χ2v) is 16.7. The average Bonchev–Trinajstić information content (AvgIpc) is 3.25. The monoisotopic (exact) mass is 634 g/mol. The van der Waals surface area contributed by atoms with Crippen LogP contribution in [0, 0.1) is 45.3 Å². The molecule has 0 amide bonds. The summed E-state index contributed by atoms with van der Waals surface area (Å²) in [6.07, 6.45) is 4.43. The fourth-order valence-corrected chi connectivity index (χ4v) is 10.7. The molecule has 4 aliphatic carbocycles. The number of aliphatic hydroxyl groups is 6. The molecule has 0 aromatic rings. The first-order chi connectivity index (χ1) is 20.9. The first-order valence-electron chi connectivity index (χ1n) is 17.1. The van der Waals surface area contributed by atoms with Gasteiger partial charge in [0.1, 0.15) is 30.7 Å². The van der Waals surface area contributed by atoms with Gasteiger partial charge in [-0.15, -0.1) is 0 Å². The molecular weight excluding hydrogens is 576 g/mol. The van der Waals surface area contributed by atoms with E-state index in [4.69, 9.17) is 9.47 Å². The lowest BCUT2D eigenvalue weighted by Gasteiger charge is -2.66. The van der Waals surface area contributed by atoms with Gasteiger partial charge in [0.05, 0.1) is 24.4 Å². The lowest BCUT2D eigenvalue weighted by Crippen LogP contribution is -2.66. The highest BCUT2D eigenvalue weighted by Crippen LogP contribution is 2.75. The zero-order valence-corrected chi connectivity index (χ0v) is 28.2. The summed E-state index contributed by atoms with van der Waals surface area (Å²) < 4.78 is 12.5. The predicted molar refractivity (Wildman–Crippen MR) is 169 cm³/mol. The minimum Gasteiger partial charge on any atom is -0.394 e. The Labute approximate surface area is 268 Å². The van der Waals surface area contributed by atoms with E-state index in [1.807, 2.05) is 19.9 Å². The Balaban J connectivity index is 1.58. The Hall–Kier alpha value is -1.17. The molecule has 0 bridgehead atoms. The number of rotatable bonds is 8. The third-order valence-electron chi connectivity index (χ3n) is 13.5. The van der Waals surface area contributed by atoms with Crippen molar-refractivity contribution in [2.75, 3.05) is 6.61 Å². The van der Waals surface area contributed by atoms with E-state index in [1.54, 1.807) is 13.8 Å². The molecule has 9 heteroatoms. The molecule has 14 atom stereocenters. The number of carbonyl (C=O) groups excluding carboxylic acids is 1. The van der Waals surface area contributed by atoms with Crippen molar-refractivity contribution < 1.29 is 44.9 Å². The molecule has 1 saturated heterocycles. The van der Waals surface area contributed by atoms with Crippen LogP contribution in [0.4, 0.5) is 0 Å². The van der Waals surface area contributed by atoms with Gasteiger partial charge < -0.3 is 44.9 Å². The van der Waals surface area contributed by atoms with Crippen LogP contribution in [-0.2, 0) is 14.3 Å². The minimum atomic E-state index is -1.57. The normalized spacial score (nSPS) is 48.7. The molecule has 5 aliphatic rings. The molecular formula is C36H58O9. The van der Waals surface area contributed by atoms with Gasteiger partial charge in [-0.2, -0.15) is 0 Å². The zero-order chi connectivity index (χ0) is 33.3. The van der Waals surface area contributed by atoms with Crippen molar-refractivity contribution in [2.45, 2.75) is 142 Å². The molecule has 4 fully saturated rings. The maximum Gasteiger partial charge on any atom is 0.187 e. The third-order valence-corrected chi connectivity index (χ3v) is 13.5. The Bertz CT molecular complexity index is 1160. The van der Waals surface area contributed by atoms with Crippen LogP contribution in [0.15, 0.2) is 23.8 Å². The van der Waals surface area contributed by atoms with E-state index < -0.39 is 66.0 Å². The first-order valence-corrected chi connectivity index (χ1v) is 17.1. The Kier molecular flexibility index (Phi) is 9.42. The lowest BCUT2D eigenvalue weighted by atomic mass is 9.38. The van der Waals surface area contributed by atoms with Gasteiger partial charge in [-0.05, 0) is 87.4 Å². The van der Waals surface area contributed by atoms with Crippen LogP contribution in [0.1, 0.15) is 93.4 Å². The molecule has 0 aromatic heterocycles. The van der Waals surface area contributed by atoms with Crippen molar-refractivity contribution in [2.24, 2.45) is 45.3 Å². The van der Waals surface area contributed by atoms with Crippen LogP contribution in [0.25, 0.3) is 0 Å². The Morgan fingerprint density at radius 1 is 1.00 bits per heavy atom. The summed E-state index contributed by atoms with van der Waals surface area (Å²) in [4.78, 5) is 13.7. The van der Waals surface area contributed by atoms with E-state index in [9.17, 15) is 35.4 Å².